The van der Waals surface area contributed by atoms with Gasteiger partial charge in [-0.2, -0.15) is 0 Å². The van der Waals surface area contributed by atoms with Gasteiger partial charge in [0.2, 0.25) is 0 Å². The van der Waals surface area contributed by atoms with Gasteiger partial charge in [0, 0.05) is 31.5 Å². The lowest BCUT2D eigenvalue weighted by Crippen LogP contribution is -2.25. The summed E-state index contributed by atoms with van der Waals surface area (Å²) >= 11 is 0. The number of rotatable bonds is 13. The highest BCUT2D eigenvalue weighted by Crippen LogP contribution is 2.20. The van der Waals surface area contributed by atoms with Gasteiger partial charge in [0.1, 0.15) is 5.75 Å². The molecule has 6 heteroatoms. The van der Waals surface area contributed by atoms with Crippen molar-refractivity contribution in [2.45, 2.75) is 39.0 Å². The molecular weight excluding hydrogens is 380 g/mol. The number of hydrogen-bond donors (Lipinski definition) is 2. The molecule has 162 valence electrons. The Morgan fingerprint density at radius 3 is 2.37 bits per heavy atom. The number of benzene rings is 2. The third-order valence-corrected chi connectivity index (χ3v) is 4.60. The minimum atomic E-state index is -0.240. The molecule has 0 heterocycles. The summed E-state index contributed by atoms with van der Waals surface area (Å²) in [5.41, 5.74) is 1.66. The Morgan fingerprint density at radius 2 is 1.63 bits per heavy atom. The Labute approximate surface area is 179 Å². The molecule has 0 saturated carbocycles. The number of para-hydroxylation sites is 1. The van der Waals surface area contributed by atoms with E-state index in [1.807, 2.05) is 18.2 Å². The van der Waals surface area contributed by atoms with E-state index in [0.717, 1.165) is 19.3 Å². The molecule has 0 atom stereocenters. The lowest BCUT2D eigenvalue weighted by atomic mass is 10.1. The number of nitrogens with one attached hydrogen (secondary N) is 2. The first-order chi connectivity index (χ1) is 14.7. The van der Waals surface area contributed by atoms with Gasteiger partial charge in [-0.15, -0.1) is 0 Å². The second kappa shape index (κ2) is 13.4. The quantitative estimate of drug-likeness (QED) is 0.469. The van der Waals surface area contributed by atoms with Gasteiger partial charge in [0.05, 0.1) is 12.2 Å². The van der Waals surface area contributed by atoms with Crippen LogP contribution >= 0.6 is 0 Å². The van der Waals surface area contributed by atoms with Crippen molar-refractivity contribution in [2.24, 2.45) is 0 Å². The van der Waals surface area contributed by atoms with Crippen molar-refractivity contribution in [3.63, 3.8) is 0 Å². The normalized spacial score (nSPS) is 10.5. The standard InChI is InChI=1S/C24H32N2O4/c1-3-4-5-8-18-30-22-11-7-6-10-21(22)24(28)26-20-14-12-19(13-15-20)23(27)25-16-9-17-29-2/h6-7,10-15H,3-5,8-9,16-18H2,1-2H3,(H,25,27)(H,26,28). The molecule has 0 spiro atoms. The van der Waals surface area contributed by atoms with Crippen LogP contribution in [-0.4, -0.2) is 38.7 Å². The molecule has 0 unspecified atom stereocenters. The smallest absolute Gasteiger partial charge is 0.259 e. The largest absolute Gasteiger partial charge is 0.493 e. The summed E-state index contributed by atoms with van der Waals surface area (Å²) in [6.07, 6.45) is 5.21. The Balaban J connectivity index is 1.90. The highest BCUT2D eigenvalue weighted by Gasteiger charge is 2.13. The molecule has 0 radical (unpaired) electrons. The molecule has 0 aromatic heterocycles. The van der Waals surface area contributed by atoms with Crippen LogP contribution in [0.1, 0.15) is 59.7 Å². The molecule has 2 aromatic carbocycles. The minimum absolute atomic E-state index is 0.147. The van der Waals surface area contributed by atoms with Gasteiger partial charge in [0.15, 0.2) is 0 Å². The first-order valence-electron chi connectivity index (χ1n) is 10.6. The SMILES string of the molecule is CCCCCCOc1ccccc1C(=O)Nc1ccc(C(=O)NCCCOC)cc1. The monoisotopic (exact) mass is 412 g/mol. The zero-order chi connectivity index (χ0) is 21.6. The van der Waals surface area contributed by atoms with Gasteiger partial charge in [-0.3, -0.25) is 9.59 Å². The van der Waals surface area contributed by atoms with Crippen LogP contribution < -0.4 is 15.4 Å². The van der Waals surface area contributed by atoms with E-state index in [4.69, 9.17) is 9.47 Å². The fourth-order valence-electron chi connectivity index (χ4n) is 2.91. The number of ether oxygens (including phenoxy) is 2. The minimum Gasteiger partial charge on any atom is -0.493 e. The van der Waals surface area contributed by atoms with E-state index < -0.39 is 0 Å². The van der Waals surface area contributed by atoms with E-state index in [2.05, 4.69) is 17.6 Å². The maximum atomic E-state index is 12.7. The van der Waals surface area contributed by atoms with Crippen molar-refractivity contribution in [3.05, 3.63) is 59.7 Å². The molecule has 0 fully saturated rings. The van der Waals surface area contributed by atoms with Crippen LogP contribution in [0.2, 0.25) is 0 Å². The third-order valence-electron chi connectivity index (χ3n) is 4.60. The number of anilines is 1. The number of methoxy groups -OCH3 is 1. The van der Waals surface area contributed by atoms with Crippen LogP contribution in [0.15, 0.2) is 48.5 Å². The van der Waals surface area contributed by atoms with E-state index >= 15 is 0 Å². The van der Waals surface area contributed by atoms with Crippen molar-refractivity contribution >= 4 is 17.5 Å². The topological polar surface area (TPSA) is 76.7 Å². The summed E-state index contributed by atoms with van der Waals surface area (Å²) in [6, 6.07) is 14.1. The van der Waals surface area contributed by atoms with Crippen LogP contribution in [0.4, 0.5) is 5.69 Å². The summed E-state index contributed by atoms with van der Waals surface area (Å²) < 4.78 is 10.8. The molecule has 2 N–H and O–H groups in total. The summed E-state index contributed by atoms with van der Waals surface area (Å²) in [5, 5.41) is 5.70. The fourth-order valence-corrected chi connectivity index (χ4v) is 2.91. The summed E-state index contributed by atoms with van der Waals surface area (Å²) in [6.45, 7) is 3.93. The van der Waals surface area contributed by atoms with Crippen molar-refractivity contribution < 1.29 is 19.1 Å². The Bertz CT molecular complexity index is 790. The van der Waals surface area contributed by atoms with Gasteiger partial charge in [-0.05, 0) is 49.2 Å². The molecule has 2 rings (SSSR count). The molecule has 2 amide bonds. The highest BCUT2D eigenvalue weighted by molar-refractivity contribution is 6.06. The molecule has 6 nitrogen and oxygen atoms in total. The number of amides is 2. The molecule has 0 aliphatic heterocycles. The molecular formula is C24H32N2O4. The first kappa shape index (κ1) is 23.4. The van der Waals surface area contributed by atoms with Gasteiger partial charge in [0.25, 0.3) is 11.8 Å². The maximum absolute atomic E-state index is 12.7. The van der Waals surface area contributed by atoms with Crippen LogP contribution in [0.3, 0.4) is 0 Å². The van der Waals surface area contributed by atoms with Gasteiger partial charge < -0.3 is 20.1 Å². The lowest BCUT2D eigenvalue weighted by Gasteiger charge is -2.12. The average molecular weight is 413 g/mol. The van der Waals surface area contributed by atoms with E-state index in [-0.39, 0.29) is 11.8 Å². The Morgan fingerprint density at radius 1 is 0.867 bits per heavy atom. The van der Waals surface area contributed by atoms with Gasteiger partial charge in [-0.25, -0.2) is 0 Å². The van der Waals surface area contributed by atoms with E-state index in [0.29, 0.717) is 42.3 Å². The van der Waals surface area contributed by atoms with Gasteiger partial charge in [-0.1, -0.05) is 38.3 Å². The van der Waals surface area contributed by atoms with Crippen LogP contribution in [0.25, 0.3) is 0 Å². The number of carbonyl (C=O) groups is 2. The highest BCUT2D eigenvalue weighted by atomic mass is 16.5. The molecule has 2 aromatic rings. The van der Waals surface area contributed by atoms with Crippen LogP contribution in [-0.2, 0) is 4.74 Å². The van der Waals surface area contributed by atoms with Crippen molar-refractivity contribution in [1.82, 2.24) is 5.32 Å². The van der Waals surface area contributed by atoms with Crippen molar-refractivity contribution in [3.8, 4) is 5.75 Å². The Hall–Kier alpha value is -2.86. The van der Waals surface area contributed by atoms with Crippen LogP contribution in [0, 0.1) is 0 Å². The van der Waals surface area contributed by atoms with Gasteiger partial charge >= 0.3 is 0 Å². The molecule has 0 bridgehead atoms. The number of hydrogen-bond acceptors (Lipinski definition) is 4. The molecule has 0 aliphatic carbocycles. The number of unbranched alkanes of at least 4 members (excludes halogenated alkanes) is 3. The average Bonchev–Trinajstić information content (AvgIpc) is 2.77. The summed E-state index contributed by atoms with van der Waals surface area (Å²) in [7, 11) is 1.63. The molecule has 30 heavy (non-hydrogen) atoms. The maximum Gasteiger partial charge on any atom is 0.259 e. The molecule has 0 aliphatic rings. The first-order valence-corrected chi connectivity index (χ1v) is 10.6. The second-order valence-corrected chi connectivity index (χ2v) is 7.04. The van der Waals surface area contributed by atoms with E-state index in [9.17, 15) is 9.59 Å². The molecule has 0 saturated heterocycles. The van der Waals surface area contributed by atoms with Crippen LogP contribution in [0.5, 0.6) is 5.75 Å². The Kier molecular flexibility index (Phi) is 10.4. The predicted molar refractivity (Wildman–Crippen MR) is 119 cm³/mol. The van der Waals surface area contributed by atoms with Crippen molar-refractivity contribution in [1.29, 1.82) is 0 Å². The second-order valence-electron chi connectivity index (χ2n) is 7.04. The zero-order valence-corrected chi connectivity index (χ0v) is 17.9. The lowest BCUT2D eigenvalue weighted by molar-refractivity contribution is 0.0948. The predicted octanol–water partition coefficient (Wildman–Crippen LogP) is 4.66. The third kappa shape index (κ3) is 7.87. The fraction of sp³-hybridized carbons (Fsp3) is 0.417. The number of carbonyl (C=O) groups excluding carboxylic acids is 2. The van der Waals surface area contributed by atoms with Crippen molar-refractivity contribution in [2.75, 3.05) is 32.2 Å². The zero-order valence-electron chi connectivity index (χ0n) is 17.9. The summed E-state index contributed by atoms with van der Waals surface area (Å²) in [4.78, 5) is 24.8. The summed E-state index contributed by atoms with van der Waals surface area (Å²) in [5.74, 6) is 0.195. The van der Waals surface area contributed by atoms with E-state index in [1.54, 1.807) is 37.4 Å². The van der Waals surface area contributed by atoms with E-state index in [1.165, 1.54) is 12.8 Å².